The van der Waals surface area contributed by atoms with E-state index in [1.165, 1.54) is 17.7 Å². The van der Waals surface area contributed by atoms with Crippen molar-refractivity contribution in [2.75, 3.05) is 5.73 Å². The van der Waals surface area contributed by atoms with Crippen LogP contribution in [0.2, 0.25) is 0 Å². The van der Waals surface area contributed by atoms with E-state index in [0.29, 0.717) is 5.56 Å². The maximum atomic E-state index is 15.1. The first-order chi connectivity index (χ1) is 15.8. The third-order valence-electron chi connectivity index (χ3n) is 5.01. The van der Waals surface area contributed by atoms with Gasteiger partial charge in [0.2, 0.25) is 18.4 Å². The SMILES string of the molecule is CCC(=O)O[C@H]1O[C@@H](n2c(=O)n(Cc3cccnc3)c3cnc(N)nc32)[C@H](OC(C)=O)[C@H]1F. The summed E-state index contributed by atoms with van der Waals surface area (Å²) in [6.45, 7) is 2.72. The van der Waals surface area contributed by atoms with Crippen molar-refractivity contribution in [3.05, 3.63) is 46.8 Å². The van der Waals surface area contributed by atoms with E-state index in [4.69, 9.17) is 19.9 Å². The fraction of sp³-hybridized carbons (Fsp3) is 0.400. The van der Waals surface area contributed by atoms with Gasteiger partial charge in [0.05, 0.1) is 12.7 Å². The standard InChI is InChI=1S/C20H21FN6O6/c1-3-13(29)32-18-14(21)15(31-10(2)28)17(33-18)27-16-12(8-24-19(22)25-16)26(20(27)30)9-11-5-4-6-23-7-11/h4-8,14-15,17-18H,3,9H2,1-2H3,(H2,22,24,25)/t14-,15-,17-,18+/m1/s1. The molecule has 1 fully saturated rings. The number of nitrogens with zero attached hydrogens (tertiary/aromatic N) is 5. The molecule has 13 heteroatoms. The molecule has 0 aliphatic carbocycles. The van der Waals surface area contributed by atoms with Gasteiger partial charge in [-0.25, -0.2) is 18.7 Å². The average Bonchev–Trinajstić information content (AvgIpc) is 3.22. The van der Waals surface area contributed by atoms with Crippen LogP contribution in [0.25, 0.3) is 11.2 Å². The van der Waals surface area contributed by atoms with E-state index in [0.717, 1.165) is 11.5 Å². The first kappa shape index (κ1) is 22.3. The Hall–Kier alpha value is -3.87. The van der Waals surface area contributed by atoms with Gasteiger partial charge < -0.3 is 19.9 Å². The van der Waals surface area contributed by atoms with Crippen molar-refractivity contribution in [1.29, 1.82) is 0 Å². The van der Waals surface area contributed by atoms with E-state index in [9.17, 15) is 14.4 Å². The van der Waals surface area contributed by atoms with Crippen LogP contribution in [0.15, 0.2) is 35.5 Å². The highest BCUT2D eigenvalue weighted by molar-refractivity contribution is 5.72. The Balaban J connectivity index is 1.83. The molecule has 0 radical (unpaired) electrons. The van der Waals surface area contributed by atoms with Gasteiger partial charge in [-0.1, -0.05) is 13.0 Å². The maximum absolute atomic E-state index is 15.1. The monoisotopic (exact) mass is 460 g/mol. The number of alkyl halides is 1. The summed E-state index contributed by atoms with van der Waals surface area (Å²) in [5.41, 5.74) is 6.11. The van der Waals surface area contributed by atoms with Crippen LogP contribution < -0.4 is 11.4 Å². The molecule has 4 rings (SSSR count). The number of hydrogen-bond acceptors (Lipinski definition) is 10. The Kier molecular flexibility index (Phi) is 6.05. The van der Waals surface area contributed by atoms with Crippen LogP contribution in [-0.4, -0.2) is 54.6 Å². The number of ether oxygens (including phenoxy) is 3. The fourth-order valence-electron chi connectivity index (χ4n) is 3.56. The highest BCUT2D eigenvalue weighted by atomic mass is 19.1. The van der Waals surface area contributed by atoms with Gasteiger partial charge in [0, 0.05) is 25.7 Å². The number of esters is 2. The van der Waals surface area contributed by atoms with Gasteiger partial charge in [-0.3, -0.25) is 19.1 Å². The van der Waals surface area contributed by atoms with Crippen molar-refractivity contribution in [2.45, 2.75) is 51.6 Å². The molecular weight excluding hydrogens is 439 g/mol. The molecule has 3 aromatic heterocycles. The van der Waals surface area contributed by atoms with E-state index in [1.807, 2.05) is 0 Å². The Labute approximate surface area is 186 Å². The quantitative estimate of drug-likeness (QED) is 0.520. The number of carbonyl (C=O) groups excluding carboxylic acids is 2. The number of nitrogens with two attached hydrogens (primary N) is 1. The summed E-state index contributed by atoms with van der Waals surface area (Å²) in [7, 11) is 0. The van der Waals surface area contributed by atoms with Crippen molar-refractivity contribution in [3.63, 3.8) is 0 Å². The highest BCUT2D eigenvalue weighted by Gasteiger charge is 2.51. The average molecular weight is 460 g/mol. The van der Waals surface area contributed by atoms with Gasteiger partial charge in [-0.15, -0.1) is 0 Å². The van der Waals surface area contributed by atoms with Gasteiger partial charge in [-0.2, -0.15) is 4.98 Å². The largest absolute Gasteiger partial charge is 0.454 e. The second kappa shape index (κ2) is 8.94. The Morgan fingerprint density at radius 3 is 2.76 bits per heavy atom. The number of nitrogen functional groups attached to an aromatic ring is 1. The highest BCUT2D eigenvalue weighted by Crippen LogP contribution is 2.35. The van der Waals surface area contributed by atoms with E-state index >= 15 is 4.39 Å². The van der Waals surface area contributed by atoms with Crippen molar-refractivity contribution in [2.24, 2.45) is 0 Å². The van der Waals surface area contributed by atoms with Gasteiger partial charge >= 0.3 is 17.6 Å². The second-order valence-electron chi connectivity index (χ2n) is 7.29. The lowest BCUT2D eigenvalue weighted by molar-refractivity contribution is -0.188. The molecule has 33 heavy (non-hydrogen) atoms. The maximum Gasteiger partial charge on any atom is 0.332 e. The molecule has 1 aliphatic heterocycles. The minimum atomic E-state index is -2.04. The third kappa shape index (κ3) is 4.26. The van der Waals surface area contributed by atoms with Crippen LogP contribution in [-0.2, 0) is 30.3 Å². The molecule has 0 unspecified atom stereocenters. The number of imidazole rings is 1. The van der Waals surface area contributed by atoms with Crippen molar-refractivity contribution in [1.82, 2.24) is 24.1 Å². The molecule has 0 spiro atoms. The van der Waals surface area contributed by atoms with Crippen LogP contribution in [0.4, 0.5) is 10.3 Å². The van der Waals surface area contributed by atoms with Crippen LogP contribution in [0.3, 0.4) is 0 Å². The van der Waals surface area contributed by atoms with Crippen LogP contribution in [0.1, 0.15) is 32.1 Å². The van der Waals surface area contributed by atoms with Crippen LogP contribution in [0, 0.1) is 0 Å². The molecule has 3 aromatic rings. The number of pyridine rings is 1. The Morgan fingerprint density at radius 1 is 1.30 bits per heavy atom. The van der Waals surface area contributed by atoms with E-state index in [1.54, 1.807) is 24.5 Å². The molecule has 1 aliphatic rings. The summed E-state index contributed by atoms with van der Waals surface area (Å²) in [5.74, 6) is -1.66. The number of carbonyl (C=O) groups is 2. The number of anilines is 1. The third-order valence-corrected chi connectivity index (χ3v) is 5.01. The zero-order valence-corrected chi connectivity index (χ0v) is 17.8. The minimum Gasteiger partial charge on any atom is -0.454 e. The van der Waals surface area contributed by atoms with Crippen molar-refractivity contribution in [3.8, 4) is 0 Å². The summed E-state index contributed by atoms with van der Waals surface area (Å²) >= 11 is 0. The number of halogens is 1. The summed E-state index contributed by atoms with van der Waals surface area (Å²) < 4.78 is 33.2. The summed E-state index contributed by atoms with van der Waals surface area (Å²) in [4.78, 5) is 49.0. The van der Waals surface area contributed by atoms with Gasteiger partial charge in [-0.05, 0) is 11.6 Å². The lowest BCUT2D eigenvalue weighted by Gasteiger charge is -2.19. The molecule has 0 amide bonds. The van der Waals surface area contributed by atoms with Crippen molar-refractivity contribution < 1.29 is 28.2 Å². The zero-order valence-electron chi connectivity index (χ0n) is 17.8. The first-order valence-electron chi connectivity index (χ1n) is 10.1. The molecule has 0 bridgehead atoms. The fourth-order valence-corrected chi connectivity index (χ4v) is 3.56. The predicted octanol–water partition coefficient (Wildman–Crippen LogP) is 0.696. The van der Waals surface area contributed by atoms with Gasteiger partial charge in [0.25, 0.3) is 0 Å². The Bertz CT molecular complexity index is 1250. The predicted molar refractivity (Wildman–Crippen MR) is 110 cm³/mol. The molecule has 4 heterocycles. The molecular formula is C20H21FN6O6. The van der Waals surface area contributed by atoms with Crippen molar-refractivity contribution >= 4 is 29.1 Å². The lowest BCUT2D eigenvalue weighted by atomic mass is 10.2. The second-order valence-corrected chi connectivity index (χ2v) is 7.29. The van der Waals surface area contributed by atoms with E-state index < -0.39 is 42.4 Å². The normalized spacial score (nSPS) is 22.4. The molecule has 12 nitrogen and oxygen atoms in total. The number of fused-ring (bicyclic) bond motifs is 1. The molecule has 2 N–H and O–H groups in total. The topological polar surface area (TPSA) is 153 Å². The zero-order chi connectivity index (χ0) is 23.7. The summed E-state index contributed by atoms with van der Waals surface area (Å²) in [5, 5.41) is 0. The number of rotatable bonds is 6. The number of aromatic nitrogens is 5. The molecule has 1 saturated heterocycles. The molecule has 4 atom stereocenters. The smallest absolute Gasteiger partial charge is 0.332 e. The minimum absolute atomic E-state index is 0.0242. The number of hydrogen-bond donors (Lipinski definition) is 1. The van der Waals surface area contributed by atoms with Gasteiger partial charge in [0.1, 0.15) is 5.52 Å². The Morgan fingerprint density at radius 2 is 2.09 bits per heavy atom. The molecule has 0 saturated carbocycles. The first-order valence-corrected chi connectivity index (χ1v) is 10.1. The van der Waals surface area contributed by atoms with Crippen LogP contribution in [0.5, 0.6) is 0 Å². The van der Waals surface area contributed by atoms with Crippen LogP contribution >= 0.6 is 0 Å². The van der Waals surface area contributed by atoms with E-state index in [2.05, 4.69) is 15.0 Å². The lowest BCUT2D eigenvalue weighted by Crippen LogP contribution is -2.37. The summed E-state index contributed by atoms with van der Waals surface area (Å²) in [6.07, 6.45) is -2.28. The summed E-state index contributed by atoms with van der Waals surface area (Å²) in [6, 6.07) is 3.48. The van der Waals surface area contributed by atoms with E-state index in [-0.39, 0.29) is 30.1 Å². The van der Waals surface area contributed by atoms with Gasteiger partial charge in [0.15, 0.2) is 18.0 Å². The molecule has 0 aromatic carbocycles. The molecule has 174 valence electrons.